The lowest BCUT2D eigenvalue weighted by Gasteiger charge is -2.17. The van der Waals surface area contributed by atoms with Crippen LogP contribution in [0.5, 0.6) is 5.75 Å². The molecule has 0 aliphatic heterocycles. The Morgan fingerprint density at radius 1 is 1.04 bits per heavy atom. The van der Waals surface area contributed by atoms with Crippen LogP contribution in [0.15, 0.2) is 54.6 Å². The fourth-order valence-corrected chi connectivity index (χ4v) is 2.60. The molecule has 144 valence electrons. The number of unbranched alkanes of at least 4 members (excludes halogenated alkanes) is 1. The van der Waals surface area contributed by atoms with Gasteiger partial charge >= 0.3 is 6.03 Å². The molecule has 0 radical (unpaired) electrons. The van der Waals surface area contributed by atoms with Crippen molar-refractivity contribution in [3.05, 3.63) is 65.7 Å². The van der Waals surface area contributed by atoms with Crippen molar-refractivity contribution in [3.8, 4) is 5.75 Å². The Balaban J connectivity index is 1.82. The van der Waals surface area contributed by atoms with Gasteiger partial charge in [0.15, 0.2) is 0 Å². The second kappa shape index (κ2) is 10.9. The van der Waals surface area contributed by atoms with Crippen molar-refractivity contribution >= 4 is 11.9 Å². The molecular weight excluding hydrogens is 342 g/mol. The summed E-state index contributed by atoms with van der Waals surface area (Å²) in [4.78, 5) is 23.4. The number of rotatable bonds is 10. The minimum absolute atomic E-state index is 0.223. The highest BCUT2D eigenvalue weighted by molar-refractivity contribution is 5.86. The van der Waals surface area contributed by atoms with E-state index in [9.17, 15) is 9.59 Å². The summed E-state index contributed by atoms with van der Waals surface area (Å²) in [6.45, 7) is 2.91. The topological polar surface area (TPSA) is 93.5 Å². The maximum absolute atomic E-state index is 12.3. The van der Waals surface area contributed by atoms with Gasteiger partial charge in [0.1, 0.15) is 18.4 Å². The van der Waals surface area contributed by atoms with Crippen LogP contribution in [-0.2, 0) is 17.9 Å². The van der Waals surface area contributed by atoms with Crippen molar-refractivity contribution in [3.63, 3.8) is 0 Å². The van der Waals surface area contributed by atoms with Crippen LogP contribution in [0.4, 0.5) is 4.79 Å². The Bertz CT molecular complexity index is 717. The van der Waals surface area contributed by atoms with Crippen LogP contribution in [0.2, 0.25) is 0 Å². The van der Waals surface area contributed by atoms with Crippen molar-refractivity contribution in [2.24, 2.45) is 5.73 Å². The van der Waals surface area contributed by atoms with Crippen LogP contribution in [0.1, 0.15) is 37.3 Å². The highest BCUT2D eigenvalue weighted by Gasteiger charge is 2.18. The summed E-state index contributed by atoms with van der Waals surface area (Å²) >= 11 is 0. The van der Waals surface area contributed by atoms with E-state index in [0.717, 1.165) is 29.7 Å². The summed E-state index contributed by atoms with van der Waals surface area (Å²) in [7, 11) is 0. The summed E-state index contributed by atoms with van der Waals surface area (Å²) in [5.41, 5.74) is 7.17. The molecule has 4 N–H and O–H groups in total. The van der Waals surface area contributed by atoms with Crippen LogP contribution in [0.25, 0.3) is 0 Å². The fourth-order valence-electron chi connectivity index (χ4n) is 2.60. The van der Waals surface area contributed by atoms with E-state index in [-0.39, 0.29) is 5.91 Å². The van der Waals surface area contributed by atoms with Crippen LogP contribution < -0.4 is 21.1 Å². The number of amides is 3. The van der Waals surface area contributed by atoms with Gasteiger partial charge in [-0.1, -0.05) is 62.2 Å². The van der Waals surface area contributed by atoms with Crippen molar-refractivity contribution in [2.75, 3.05) is 0 Å². The van der Waals surface area contributed by atoms with Crippen molar-refractivity contribution in [1.29, 1.82) is 0 Å². The Morgan fingerprint density at radius 3 is 2.33 bits per heavy atom. The molecule has 0 saturated heterocycles. The highest BCUT2D eigenvalue weighted by Crippen LogP contribution is 2.12. The Morgan fingerprint density at radius 2 is 1.70 bits per heavy atom. The number of hydrogen-bond donors (Lipinski definition) is 3. The first kappa shape index (κ1) is 20.3. The highest BCUT2D eigenvalue weighted by atomic mass is 16.5. The van der Waals surface area contributed by atoms with Crippen LogP contribution in [-0.4, -0.2) is 18.0 Å². The monoisotopic (exact) mass is 369 g/mol. The molecule has 1 atom stereocenters. The van der Waals surface area contributed by atoms with Gasteiger partial charge in [-0.2, -0.15) is 0 Å². The van der Waals surface area contributed by atoms with Gasteiger partial charge in [-0.05, 0) is 29.7 Å². The van der Waals surface area contributed by atoms with E-state index >= 15 is 0 Å². The number of primary amides is 1. The molecule has 0 aliphatic rings. The number of nitrogens with two attached hydrogens (primary N) is 1. The average molecular weight is 369 g/mol. The smallest absolute Gasteiger partial charge is 0.312 e. The Labute approximate surface area is 160 Å². The largest absolute Gasteiger partial charge is 0.489 e. The van der Waals surface area contributed by atoms with Gasteiger partial charge in [0.05, 0.1) is 0 Å². The Hall–Kier alpha value is -3.02. The summed E-state index contributed by atoms with van der Waals surface area (Å²) in [5.74, 6) is 0.604. The summed E-state index contributed by atoms with van der Waals surface area (Å²) in [6.07, 6.45) is 2.35. The zero-order valence-corrected chi connectivity index (χ0v) is 15.6. The predicted octanol–water partition coefficient (Wildman–Crippen LogP) is 3.11. The van der Waals surface area contributed by atoms with E-state index in [1.54, 1.807) is 0 Å². The maximum Gasteiger partial charge on any atom is 0.312 e. The zero-order chi connectivity index (χ0) is 19.5. The van der Waals surface area contributed by atoms with E-state index in [1.165, 1.54) is 0 Å². The Kier molecular flexibility index (Phi) is 8.16. The van der Waals surface area contributed by atoms with Gasteiger partial charge in [-0.3, -0.25) is 4.79 Å². The van der Waals surface area contributed by atoms with Gasteiger partial charge in [-0.15, -0.1) is 0 Å². The molecular formula is C21H27N3O3. The molecule has 0 aromatic heterocycles. The van der Waals surface area contributed by atoms with Gasteiger partial charge in [0.25, 0.3) is 0 Å². The number of hydrogen-bond acceptors (Lipinski definition) is 3. The van der Waals surface area contributed by atoms with Gasteiger partial charge in [0.2, 0.25) is 5.91 Å². The lowest BCUT2D eigenvalue weighted by molar-refractivity contribution is -0.123. The summed E-state index contributed by atoms with van der Waals surface area (Å²) < 4.78 is 5.71. The third kappa shape index (κ3) is 7.40. The third-order valence-electron chi connectivity index (χ3n) is 4.12. The van der Waals surface area contributed by atoms with Crippen LogP contribution in [0, 0.1) is 0 Å². The minimum Gasteiger partial charge on any atom is -0.489 e. The molecule has 0 heterocycles. The number of carbonyl (C=O) groups excluding carboxylic acids is 2. The zero-order valence-electron chi connectivity index (χ0n) is 15.6. The van der Waals surface area contributed by atoms with E-state index < -0.39 is 12.1 Å². The lowest BCUT2D eigenvalue weighted by Crippen LogP contribution is -2.48. The lowest BCUT2D eigenvalue weighted by atomic mass is 10.1. The first-order valence-corrected chi connectivity index (χ1v) is 9.18. The number of ether oxygens (including phenoxy) is 1. The van der Waals surface area contributed by atoms with Gasteiger partial charge in [0, 0.05) is 6.54 Å². The van der Waals surface area contributed by atoms with Crippen molar-refractivity contribution in [1.82, 2.24) is 10.6 Å². The number of para-hydroxylation sites is 1. The summed E-state index contributed by atoms with van der Waals surface area (Å²) in [6, 6.07) is 16.2. The molecule has 6 heteroatoms. The second-order valence-corrected chi connectivity index (χ2v) is 6.34. The number of nitrogens with one attached hydrogen (secondary N) is 2. The van der Waals surface area contributed by atoms with Gasteiger partial charge < -0.3 is 21.1 Å². The van der Waals surface area contributed by atoms with Crippen LogP contribution in [0.3, 0.4) is 0 Å². The molecule has 0 aliphatic carbocycles. The first-order valence-electron chi connectivity index (χ1n) is 9.18. The molecule has 2 aromatic carbocycles. The average Bonchev–Trinajstić information content (AvgIpc) is 2.69. The molecule has 2 rings (SSSR count). The molecule has 0 bridgehead atoms. The minimum atomic E-state index is -0.686. The van der Waals surface area contributed by atoms with Gasteiger partial charge in [-0.25, -0.2) is 4.79 Å². The normalized spacial score (nSPS) is 11.4. The number of carbonyl (C=O) groups is 2. The van der Waals surface area contributed by atoms with Crippen LogP contribution >= 0.6 is 0 Å². The predicted molar refractivity (Wildman–Crippen MR) is 105 cm³/mol. The number of benzene rings is 2. The molecule has 0 saturated carbocycles. The molecule has 3 amide bonds. The maximum atomic E-state index is 12.3. The third-order valence-corrected chi connectivity index (χ3v) is 4.12. The molecule has 0 fully saturated rings. The molecule has 6 nitrogen and oxygen atoms in total. The van der Waals surface area contributed by atoms with Crippen molar-refractivity contribution in [2.45, 2.75) is 45.4 Å². The number of urea groups is 1. The van der Waals surface area contributed by atoms with E-state index in [0.29, 0.717) is 19.6 Å². The SMILES string of the molecule is CCCCC(NC(N)=O)C(=O)NCc1ccc(COc2ccccc2)cc1. The molecule has 0 spiro atoms. The van der Waals surface area contributed by atoms with E-state index in [4.69, 9.17) is 10.5 Å². The summed E-state index contributed by atoms with van der Waals surface area (Å²) in [5, 5.41) is 5.35. The standard InChI is InChI=1S/C21H27N3O3/c1-2-3-9-19(24-21(22)26)20(25)23-14-16-10-12-17(13-11-16)15-27-18-7-5-4-6-8-18/h4-8,10-13,19H,2-3,9,14-15H2,1H3,(H,23,25)(H3,22,24,26). The quantitative estimate of drug-likeness (QED) is 0.601. The van der Waals surface area contributed by atoms with E-state index in [1.807, 2.05) is 61.5 Å². The fraction of sp³-hybridized carbons (Fsp3) is 0.333. The van der Waals surface area contributed by atoms with Crippen molar-refractivity contribution < 1.29 is 14.3 Å². The van der Waals surface area contributed by atoms with E-state index in [2.05, 4.69) is 10.6 Å². The second-order valence-electron chi connectivity index (χ2n) is 6.34. The molecule has 1 unspecified atom stereocenters. The first-order chi connectivity index (χ1) is 13.1. The molecule has 2 aromatic rings. The molecule has 27 heavy (non-hydrogen) atoms.